The number of carbonyl (C=O) groups is 1. The monoisotopic (exact) mass is 390 g/mol. The number of benzene rings is 2. The van der Waals surface area contributed by atoms with Crippen LogP contribution < -0.4 is 4.72 Å². The molecule has 26 heavy (non-hydrogen) atoms. The van der Waals surface area contributed by atoms with Gasteiger partial charge in [-0.2, -0.15) is 0 Å². The Labute approximate surface area is 156 Å². The molecule has 2 aromatic carbocycles. The number of aryl methyl sites for hydroxylation is 1. The Morgan fingerprint density at radius 1 is 1.15 bits per heavy atom. The van der Waals surface area contributed by atoms with Crippen molar-refractivity contribution < 1.29 is 17.9 Å². The van der Waals surface area contributed by atoms with Gasteiger partial charge in [0.25, 0.3) is 10.0 Å². The van der Waals surface area contributed by atoms with Gasteiger partial charge in [0.1, 0.15) is 19.0 Å². The molecular weight excluding hydrogens is 372 g/mol. The van der Waals surface area contributed by atoms with Gasteiger partial charge >= 0.3 is 5.97 Å². The molecule has 0 aromatic heterocycles. The number of thioether (sulfide) groups is 1. The molecule has 1 N–H and O–H groups in total. The Hall–Kier alpha value is -2.32. The highest BCUT2D eigenvalue weighted by molar-refractivity contribution is 7.99. The molecule has 6 nitrogen and oxygen atoms in total. The van der Waals surface area contributed by atoms with E-state index in [1.165, 1.54) is 11.6 Å². The smallest absolute Gasteiger partial charge is 0.327 e. The number of sulfonamides is 1. The maximum Gasteiger partial charge on any atom is 0.327 e. The van der Waals surface area contributed by atoms with Crippen LogP contribution in [-0.4, -0.2) is 39.1 Å². The Kier molecular flexibility index (Phi) is 5.63. The predicted molar refractivity (Wildman–Crippen MR) is 101 cm³/mol. The second-order valence-electron chi connectivity index (χ2n) is 5.65. The number of nitrogens with one attached hydrogen (secondary N) is 1. The number of hydrogen-bond acceptors (Lipinski definition) is 6. The summed E-state index contributed by atoms with van der Waals surface area (Å²) in [4.78, 5) is 17.1. The summed E-state index contributed by atoms with van der Waals surface area (Å²) in [5.74, 6) is 0.318. The molecule has 0 amide bonds. The first-order chi connectivity index (χ1) is 12.5. The summed E-state index contributed by atoms with van der Waals surface area (Å²) in [6, 6.07) is 14.6. The van der Waals surface area contributed by atoms with Gasteiger partial charge in [-0.05, 0) is 31.2 Å². The van der Waals surface area contributed by atoms with Crippen LogP contribution in [0.1, 0.15) is 11.1 Å². The highest BCUT2D eigenvalue weighted by Crippen LogP contribution is 2.22. The van der Waals surface area contributed by atoms with Crippen molar-refractivity contribution in [1.82, 2.24) is 4.72 Å². The Bertz CT molecular complexity index is 938. The van der Waals surface area contributed by atoms with E-state index in [9.17, 15) is 13.2 Å². The zero-order valence-corrected chi connectivity index (χ0v) is 15.8. The Morgan fingerprint density at radius 2 is 1.88 bits per heavy atom. The fraction of sp³-hybridized carbons (Fsp3) is 0.222. The van der Waals surface area contributed by atoms with Gasteiger partial charge in [-0.15, -0.1) is 11.8 Å². The van der Waals surface area contributed by atoms with Crippen molar-refractivity contribution in [2.24, 2.45) is 4.99 Å². The topological polar surface area (TPSA) is 84.8 Å². The second-order valence-corrected chi connectivity index (χ2v) is 8.47. The SMILES string of the molecule is Cc1ccc(SCCOC(=O)CN=C2NS(=O)(=O)c3ccccc32)cc1. The number of nitrogens with zero attached hydrogens (tertiary/aromatic N) is 1. The average Bonchev–Trinajstić information content (AvgIpc) is 2.89. The zero-order chi connectivity index (χ0) is 18.6. The van der Waals surface area contributed by atoms with Gasteiger partial charge < -0.3 is 4.74 Å². The molecule has 2 aromatic rings. The third-order valence-corrected chi connectivity index (χ3v) is 6.04. The quantitative estimate of drug-likeness (QED) is 0.465. The van der Waals surface area contributed by atoms with Crippen molar-refractivity contribution in [1.29, 1.82) is 0 Å². The molecule has 0 radical (unpaired) electrons. The average molecular weight is 390 g/mol. The maximum absolute atomic E-state index is 12.0. The lowest BCUT2D eigenvalue weighted by Gasteiger charge is -2.04. The highest BCUT2D eigenvalue weighted by atomic mass is 32.2. The Morgan fingerprint density at radius 3 is 2.65 bits per heavy atom. The molecule has 1 aliphatic rings. The largest absolute Gasteiger partial charge is 0.463 e. The number of ether oxygens (including phenoxy) is 1. The van der Waals surface area contributed by atoms with Crippen molar-refractivity contribution >= 4 is 33.6 Å². The first kappa shape index (κ1) is 18.5. The van der Waals surface area contributed by atoms with Crippen LogP contribution >= 0.6 is 11.8 Å². The molecule has 0 unspecified atom stereocenters. The molecule has 136 valence electrons. The molecule has 0 fully saturated rings. The molecule has 0 saturated heterocycles. The van der Waals surface area contributed by atoms with Gasteiger partial charge in [0, 0.05) is 16.2 Å². The second kappa shape index (κ2) is 7.92. The van der Waals surface area contributed by atoms with Crippen LogP contribution in [0.15, 0.2) is 63.3 Å². The van der Waals surface area contributed by atoms with E-state index in [1.54, 1.807) is 30.0 Å². The molecule has 0 atom stereocenters. The summed E-state index contributed by atoms with van der Waals surface area (Å²) in [7, 11) is -3.59. The van der Waals surface area contributed by atoms with E-state index in [0.717, 1.165) is 4.90 Å². The normalized spacial score (nSPS) is 16.1. The van der Waals surface area contributed by atoms with E-state index in [2.05, 4.69) is 9.71 Å². The maximum atomic E-state index is 12.0. The van der Waals surface area contributed by atoms with Crippen molar-refractivity contribution in [3.8, 4) is 0 Å². The van der Waals surface area contributed by atoms with Crippen LogP contribution in [0, 0.1) is 6.92 Å². The van der Waals surface area contributed by atoms with E-state index >= 15 is 0 Å². The number of carbonyl (C=O) groups excluding carboxylic acids is 1. The first-order valence-electron chi connectivity index (χ1n) is 7.97. The molecule has 3 rings (SSSR count). The standard InChI is InChI=1S/C18H18N2O4S2/c1-13-6-8-14(9-7-13)25-11-10-24-17(21)12-19-18-15-4-2-3-5-16(15)26(22,23)20-18/h2-9H,10-12H2,1H3,(H,19,20). The van der Waals surface area contributed by atoms with Crippen LogP contribution in [-0.2, 0) is 19.6 Å². The third kappa shape index (κ3) is 4.44. The van der Waals surface area contributed by atoms with Crippen molar-refractivity contribution in [3.63, 3.8) is 0 Å². The zero-order valence-electron chi connectivity index (χ0n) is 14.1. The molecule has 0 saturated carbocycles. The minimum absolute atomic E-state index is 0.168. The number of rotatable bonds is 6. The lowest BCUT2D eigenvalue weighted by atomic mass is 10.2. The van der Waals surface area contributed by atoms with E-state index in [-0.39, 0.29) is 23.9 Å². The number of amidine groups is 1. The molecule has 8 heteroatoms. The van der Waals surface area contributed by atoms with Crippen molar-refractivity contribution in [2.75, 3.05) is 18.9 Å². The first-order valence-corrected chi connectivity index (χ1v) is 10.4. The molecule has 1 heterocycles. The molecule has 0 spiro atoms. The van der Waals surface area contributed by atoms with E-state index in [4.69, 9.17) is 4.74 Å². The molecule has 0 bridgehead atoms. The van der Waals surface area contributed by atoms with E-state index in [1.807, 2.05) is 31.2 Å². The summed E-state index contributed by atoms with van der Waals surface area (Å²) in [6.07, 6.45) is 0. The van der Waals surface area contributed by atoms with Gasteiger partial charge in [-0.1, -0.05) is 29.8 Å². The van der Waals surface area contributed by atoms with Gasteiger partial charge in [-0.3, -0.25) is 14.5 Å². The summed E-state index contributed by atoms with van der Waals surface area (Å²) in [5.41, 5.74) is 1.67. The minimum Gasteiger partial charge on any atom is -0.463 e. The van der Waals surface area contributed by atoms with E-state index < -0.39 is 16.0 Å². The summed E-state index contributed by atoms with van der Waals surface area (Å²) >= 11 is 1.60. The van der Waals surface area contributed by atoms with E-state index in [0.29, 0.717) is 11.3 Å². The van der Waals surface area contributed by atoms with Crippen LogP contribution in [0.4, 0.5) is 0 Å². The number of hydrogen-bond donors (Lipinski definition) is 1. The molecular formula is C18H18N2O4S2. The van der Waals surface area contributed by atoms with Crippen LogP contribution in [0.5, 0.6) is 0 Å². The fourth-order valence-corrected chi connectivity index (χ4v) is 4.37. The van der Waals surface area contributed by atoms with Crippen LogP contribution in [0.3, 0.4) is 0 Å². The Balaban J connectivity index is 1.49. The summed E-state index contributed by atoms with van der Waals surface area (Å²) in [5, 5.41) is 0. The van der Waals surface area contributed by atoms with Crippen LogP contribution in [0.2, 0.25) is 0 Å². The minimum atomic E-state index is -3.59. The number of esters is 1. The van der Waals surface area contributed by atoms with Gasteiger partial charge in [0.15, 0.2) is 0 Å². The van der Waals surface area contributed by atoms with Gasteiger partial charge in [-0.25, -0.2) is 8.42 Å². The highest BCUT2D eigenvalue weighted by Gasteiger charge is 2.30. The number of fused-ring (bicyclic) bond motifs is 1. The predicted octanol–water partition coefficient (Wildman–Crippen LogP) is 2.37. The van der Waals surface area contributed by atoms with Crippen LogP contribution in [0.25, 0.3) is 0 Å². The lowest BCUT2D eigenvalue weighted by Crippen LogP contribution is -2.23. The van der Waals surface area contributed by atoms with Crippen molar-refractivity contribution in [3.05, 3.63) is 59.7 Å². The third-order valence-electron chi connectivity index (χ3n) is 3.67. The molecule has 1 aliphatic heterocycles. The summed E-state index contributed by atoms with van der Waals surface area (Å²) < 4.78 is 31.4. The fourth-order valence-electron chi connectivity index (χ4n) is 2.39. The lowest BCUT2D eigenvalue weighted by molar-refractivity contribution is -0.141. The van der Waals surface area contributed by atoms with Crippen molar-refractivity contribution in [2.45, 2.75) is 16.7 Å². The summed E-state index contributed by atoms with van der Waals surface area (Å²) in [6.45, 7) is 2.06. The molecule has 0 aliphatic carbocycles. The van der Waals surface area contributed by atoms with Gasteiger partial charge in [0.05, 0.1) is 4.90 Å². The number of aliphatic imine (C=N–C) groups is 1. The van der Waals surface area contributed by atoms with Gasteiger partial charge in [0.2, 0.25) is 0 Å².